The van der Waals surface area contributed by atoms with Gasteiger partial charge < -0.3 is 20.3 Å². The molecule has 0 radical (unpaired) electrons. The highest BCUT2D eigenvalue weighted by molar-refractivity contribution is 6.30. The molecule has 35 heavy (non-hydrogen) atoms. The Hall–Kier alpha value is -4.24. The normalized spacial score (nSPS) is 10.3. The number of carbonyl (C=O) groups excluding carboxylic acids is 3. The summed E-state index contributed by atoms with van der Waals surface area (Å²) in [6.07, 6.45) is 1.97. The number of anilines is 2. The minimum atomic E-state index is -0.537. The van der Waals surface area contributed by atoms with Gasteiger partial charge in [0.05, 0.1) is 16.3 Å². The van der Waals surface area contributed by atoms with E-state index in [9.17, 15) is 14.4 Å². The summed E-state index contributed by atoms with van der Waals surface area (Å²) < 4.78 is 5.51. The highest BCUT2D eigenvalue weighted by Gasteiger charge is 2.21. The number of nitrogens with zero attached hydrogens (tertiary/aromatic N) is 2. The number of aryl methyl sites for hydroxylation is 1. The molecule has 2 amide bonds. The Bertz CT molecular complexity index is 1260. The molecule has 10 heteroatoms. The van der Waals surface area contributed by atoms with Gasteiger partial charge in [0.2, 0.25) is 0 Å². The number of aromatic nitrogens is 1. The molecule has 0 aliphatic carbocycles. The number of pyridine rings is 1. The van der Waals surface area contributed by atoms with Crippen molar-refractivity contribution in [3.05, 3.63) is 82.0 Å². The predicted molar refractivity (Wildman–Crippen MR) is 135 cm³/mol. The zero-order chi connectivity index (χ0) is 25.5. The summed E-state index contributed by atoms with van der Waals surface area (Å²) in [5, 5.41) is 13.9. The molecule has 1 aromatic heterocycles. The number of hydrogen-bond acceptors (Lipinski definition) is 6. The summed E-state index contributed by atoms with van der Waals surface area (Å²) in [4.78, 5) is 42.8. The lowest BCUT2D eigenvalue weighted by molar-refractivity contribution is -0.109. The summed E-state index contributed by atoms with van der Waals surface area (Å²) in [7, 11) is 3.51. The molecule has 3 rings (SSSR count). The van der Waals surface area contributed by atoms with Crippen LogP contribution in [-0.4, -0.2) is 54.5 Å². The number of benzene rings is 2. The van der Waals surface area contributed by atoms with Crippen LogP contribution in [0.4, 0.5) is 11.5 Å². The van der Waals surface area contributed by atoms with Crippen LogP contribution >= 0.6 is 11.6 Å². The summed E-state index contributed by atoms with van der Waals surface area (Å²) in [6, 6.07) is 12.8. The van der Waals surface area contributed by atoms with Crippen molar-refractivity contribution in [2.24, 2.45) is 0 Å². The van der Waals surface area contributed by atoms with E-state index in [2.05, 4.69) is 15.6 Å². The van der Waals surface area contributed by atoms with Crippen LogP contribution in [0.5, 0.6) is 5.75 Å². The fraction of sp³-hybridized carbons (Fsp3) is 0.160. The molecule has 9 nitrogen and oxygen atoms in total. The number of aldehydes is 1. The van der Waals surface area contributed by atoms with Gasteiger partial charge in [-0.1, -0.05) is 23.7 Å². The largest absolute Gasteiger partial charge is 0.484 e. The molecule has 0 spiro atoms. The van der Waals surface area contributed by atoms with Gasteiger partial charge in [0, 0.05) is 31.4 Å². The van der Waals surface area contributed by atoms with Gasteiger partial charge >= 0.3 is 0 Å². The first-order valence-corrected chi connectivity index (χ1v) is 10.9. The maximum absolute atomic E-state index is 13.1. The van der Waals surface area contributed by atoms with Crippen molar-refractivity contribution in [2.75, 3.05) is 31.3 Å². The van der Waals surface area contributed by atoms with E-state index in [0.717, 1.165) is 0 Å². The second kappa shape index (κ2) is 11.3. The van der Waals surface area contributed by atoms with Crippen LogP contribution in [0.2, 0.25) is 5.02 Å². The third kappa shape index (κ3) is 6.42. The van der Waals surface area contributed by atoms with Gasteiger partial charge in [0.15, 0.2) is 6.29 Å². The van der Waals surface area contributed by atoms with Gasteiger partial charge in [0.25, 0.3) is 11.8 Å². The van der Waals surface area contributed by atoms with E-state index in [1.165, 1.54) is 6.20 Å². The van der Waals surface area contributed by atoms with Gasteiger partial charge in [0.1, 0.15) is 24.0 Å². The van der Waals surface area contributed by atoms with Gasteiger partial charge in [-0.15, -0.1) is 0 Å². The van der Waals surface area contributed by atoms with Crippen molar-refractivity contribution in [2.45, 2.75) is 6.92 Å². The lowest BCUT2D eigenvalue weighted by atomic mass is 10.1. The van der Waals surface area contributed by atoms with Crippen molar-refractivity contribution in [3.63, 3.8) is 0 Å². The van der Waals surface area contributed by atoms with E-state index in [1.54, 1.807) is 74.4 Å². The lowest BCUT2D eigenvalue weighted by Crippen LogP contribution is -2.22. The molecule has 0 fully saturated rings. The number of halogens is 1. The molecule has 0 saturated heterocycles. The van der Waals surface area contributed by atoms with E-state index in [0.29, 0.717) is 33.8 Å². The van der Waals surface area contributed by atoms with Gasteiger partial charge in [-0.25, -0.2) is 4.98 Å². The third-order valence-corrected chi connectivity index (χ3v) is 5.10. The number of nitrogens with one attached hydrogen (secondary N) is 3. The summed E-state index contributed by atoms with van der Waals surface area (Å²) in [5.41, 5.74) is 1.88. The summed E-state index contributed by atoms with van der Waals surface area (Å²) >= 11 is 5.86. The summed E-state index contributed by atoms with van der Waals surface area (Å²) in [6.45, 7) is 1.50. The number of rotatable bonds is 8. The Balaban J connectivity index is 1.94. The van der Waals surface area contributed by atoms with Crippen LogP contribution in [0.1, 0.15) is 31.8 Å². The molecule has 1 heterocycles. The van der Waals surface area contributed by atoms with Crippen LogP contribution < -0.4 is 15.4 Å². The van der Waals surface area contributed by atoms with Crippen LogP contribution in [-0.2, 0) is 4.79 Å². The number of ether oxygens (including phenoxy) is 1. The Morgan fingerprint density at radius 2 is 1.74 bits per heavy atom. The number of amides is 2. The van der Waals surface area contributed by atoms with Crippen molar-refractivity contribution in [3.8, 4) is 5.75 Å². The molecule has 180 valence electrons. The second-order valence-corrected chi connectivity index (χ2v) is 8.19. The van der Waals surface area contributed by atoms with Crippen LogP contribution in [0.25, 0.3) is 0 Å². The lowest BCUT2D eigenvalue weighted by Gasteiger charge is -2.17. The third-order valence-electron chi connectivity index (χ3n) is 4.87. The van der Waals surface area contributed by atoms with Crippen molar-refractivity contribution < 1.29 is 19.1 Å². The molecule has 0 aliphatic rings. The maximum atomic E-state index is 13.1. The van der Waals surface area contributed by atoms with Gasteiger partial charge in [-0.05, 0) is 48.9 Å². The molecule has 0 aliphatic heterocycles. The molecular formula is C25H24ClN5O4. The molecule has 2 aromatic carbocycles. The highest BCUT2D eigenvalue weighted by Crippen LogP contribution is 2.32. The maximum Gasteiger partial charge on any atom is 0.259 e. The second-order valence-electron chi connectivity index (χ2n) is 7.75. The van der Waals surface area contributed by atoms with E-state index in [4.69, 9.17) is 21.7 Å². The fourth-order valence-electron chi connectivity index (χ4n) is 3.16. The average molecular weight is 494 g/mol. The van der Waals surface area contributed by atoms with Gasteiger partial charge in [-0.3, -0.25) is 19.8 Å². The fourth-order valence-corrected chi connectivity index (χ4v) is 3.27. The number of hydrogen-bond donors (Lipinski definition) is 3. The van der Waals surface area contributed by atoms with Crippen LogP contribution in [0.3, 0.4) is 0 Å². The van der Waals surface area contributed by atoms with Crippen molar-refractivity contribution in [1.82, 2.24) is 9.88 Å². The minimum Gasteiger partial charge on any atom is -0.484 e. The number of amidine groups is 1. The zero-order valence-corrected chi connectivity index (χ0v) is 20.1. The van der Waals surface area contributed by atoms with Crippen LogP contribution in [0.15, 0.2) is 54.7 Å². The number of carbonyl (C=O) groups is 3. The molecule has 0 unspecified atom stereocenters. The predicted octanol–water partition coefficient (Wildman–Crippen LogP) is 4.01. The minimum absolute atomic E-state index is 0.110. The first-order chi connectivity index (χ1) is 16.7. The first kappa shape index (κ1) is 25.4. The van der Waals surface area contributed by atoms with E-state index < -0.39 is 11.8 Å². The molecule has 0 atom stereocenters. The van der Waals surface area contributed by atoms with Crippen LogP contribution in [0, 0.1) is 12.3 Å². The zero-order valence-electron chi connectivity index (χ0n) is 19.4. The summed E-state index contributed by atoms with van der Waals surface area (Å²) in [5.74, 6) is -0.288. The van der Waals surface area contributed by atoms with Crippen molar-refractivity contribution in [1.29, 1.82) is 5.41 Å². The standard InChI is InChI=1S/C25H24ClN5O4/c1-15-12-19(25(34)29-21-9-8-18(26)14-28-21)22(20(13-15)35-11-10-32)30-24(33)17-6-4-16(5-7-17)23(27)31(2)3/h4-10,12-14,27H,11H2,1-3H3,(H,30,33)(H,28,29,34). The van der Waals surface area contributed by atoms with E-state index >= 15 is 0 Å². The SMILES string of the molecule is Cc1cc(OCC=O)c(NC(=O)c2ccc(C(=N)N(C)C)cc2)c(C(=O)Nc2ccc(Cl)cn2)c1. The molecule has 0 bridgehead atoms. The Morgan fingerprint density at radius 3 is 2.34 bits per heavy atom. The Kier molecular flexibility index (Phi) is 8.17. The first-order valence-electron chi connectivity index (χ1n) is 10.5. The average Bonchev–Trinajstić information content (AvgIpc) is 2.84. The molecule has 0 saturated carbocycles. The molecular weight excluding hydrogens is 470 g/mol. The quantitative estimate of drug-likeness (QED) is 0.247. The molecule has 3 aromatic rings. The Morgan fingerprint density at radius 1 is 1.06 bits per heavy atom. The van der Waals surface area contributed by atoms with E-state index in [1.807, 2.05) is 0 Å². The van der Waals surface area contributed by atoms with Crippen molar-refractivity contribution >= 4 is 47.0 Å². The Labute approximate surface area is 207 Å². The monoisotopic (exact) mass is 493 g/mol. The van der Waals surface area contributed by atoms with E-state index in [-0.39, 0.29) is 29.4 Å². The van der Waals surface area contributed by atoms with Gasteiger partial charge in [-0.2, -0.15) is 0 Å². The topological polar surface area (TPSA) is 124 Å². The molecule has 3 N–H and O–H groups in total. The highest BCUT2D eigenvalue weighted by atomic mass is 35.5. The smallest absolute Gasteiger partial charge is 0.259 e.